The SMILES string of the molecule is CO[C@H]1[C@H](n2cnc3c(N)ncnc32)O[C@]2(C)CO[P+](=O)O[C@@H]3[C@H](F)[C@@H](COP(O)(=S)O[C@@H]12)O[C@H]3n1cnc2c(=O)[nH]c(N)nc21. The van der Waals surface area contributed by atoms with Crippen LogP contribution in [-0.2, 0) is 48.7 Å². The maximum Gasteiger partial charge on any atom is 0.698 e. The fourth-order valence-corrected chi connectivity index (χ4v) is 7.98. The minimum atomic E-state index is -4.19. The molecule has 0 saturated carbocycles. The Morgan fingerprint density at radius 2 is 1.93 bits per heavy atom. The summed E-state index contributed by atoms with van der Waals surface area (Å²) in [4.78, 5) is 46.3. The van der Waals surface area contributed by atoms with Crippen LogP contribution >= 0.6 is 15.0 Å². The highest BCUT2D eigenvalue weighted by Crippen LogP contribution is 2.54. The molecule has 0 amide bonds. The van der Waals surface area contributed by atoms with Crippen LogP contribution in [0.5, 0.6) is 0 Å². The Labute approximate surface area is 262 Å². The maximum absolute atomic E-state index is 15.9. The number of anilines is 2. The second-order valence-electron chi connectivity index (χ2n) is 10.7. The second-order valence-corrected chi connectivity index (χ2v) is 14.5. The van der Waals surface area contributed by atoms with Crippen molar-refractivity contribution in [3.8, 4) is 0 Å². The van der Waals surface area contributed by atoms with Crippen molar-refractivity contribution in [3.05, 3.63) is 29.3 Å². The molecule has 7 rings (SSSR count). The lowest BCUT2D eigenvalue weighted by molar-refractivity contribution is -0.112. The van der Waals surface area contributed by atoms with Crippen LogP contribution in [0.4, 0.5) is 16.2 Å². The molecule has 2 unspecified atom stereocenters. The second kappa shape index (κ2) is 11.5. The molecule has 0 aromatic carbocycles. The normalized spacial score (nSPS) is 36.3. The molecular formula is C22H26FN10O10P2S+. The highest BCUT2D eigenvalue weighted by atomic mass is 32.5. The number of nitrogens with one attached hydrogen (secondary N) is 1. The van der Waals surface area contributed by atoms with Crippen molar-refractivity contribution in [2.45, 2.75) is 55.6 Å². The van der Waals surface area contributed by atoms with E-state index < -0.39 is 82.4 Å². The first-order chi connectivity index (χ1) is 21.9. The van der Waals surface area contributed by atoms with Crippen molar-refractivity contribution >= 4 is 60.9 Å². The topological polar surface area (TPSA) is 261 Å². The number of nitrogens with two attached hydrogens (primary N) is 2. The van der Waals surface area contributed by atoms with Crippen LogP contribution in [0, 0.1) is 0 Å². The zero-order chi connectivity index (χ0) is 32.5. The lowest BCUT2D eigenvalue weighted by atomic mass is 9.98. The molecule has 20 nitrogen and oxygen atoms in total. The molecule has 6 N–H and O–H groups in total. The van der Waals surface area contributed by atoms with E-state index in [0.717, 1.165) is 0 Å². The van der Waals surface area contributed by atoms with Crippen molar-refractivity contribution in [1.29, 1.82) is 0 Å². The van der Waals surface area contributed by atoms with E-state index in [2.05, 4.69) is 29.9 Å². The van der Waals surface area contributed by atoms with Crippen LogP contribution in [0.15, 0.2) is 23.8 Å². The van der Waals surface area contributed by atoms with Gasteiger partial charge in [-0.1, -0.05) is 0 Å². The summed E-state index contributed by atoms with van der Waals surface area (Å²) >= 11 is 5.31. The van der Waals surface area contributed by atoms with E-state index in [9.17, 15) is 14.3 Å². The molecule has 7 heterocycles. The van der Waals surface area contributed by atoms with Crippen LogP contribution in [0.3, 0.4) is 0 Å². The number of rotatable bonds is 3. The molecule has 0 aliphatic carbocycles. The Balaban J connectivity index is 1.22. The summed E-state index contributed by atoms with van der Waals surface area (Å²) in [6, 6.07) is 0. The van der Waals surface area contributed by atoms with E-state index in [-0.39, 0.29) is 22.9 Å². The van der Waals surface area contributed by atoms with Gasteiger partial charge in [0.25, 0.3) is 5.56 Å². The number of aromatic nitrogens is 8. The Hall–Kier alpha value is -3.14. The molecule has 3 fully saturated rings. The van der Waals surface area contributed by atoms with Gasteiger partial charge >= 0.3 is 15.0 Å². The molecule has 4 aromatic rings. The minimum Gasteiger partial charge on any atom is -0.382 e. The number of fused-ring (bicyclic) bond motifs is 5. The number of alkyl halides is 1. The molecule has 3 saturated heterocycles. The van der Waals surface area contributed by atoms with Gasteiger partial charge in [0.1, 0.15) is 42.4 Å². The fraction of sp³-hybridized carbons (Fsp3) is 0.545. The van der Waals surface area contributed by atoms with E-state index in [1.54, 1.807) is 6.92 Å². The predicted octanol–water partition coefficient (Wildman–Crippen LogP) is 0.353. The van der Waals surface area contributed by atoms with E-state index in [4.69, 9.17) is 55.6 Å². The van der Waals surface area contributed by atoms with E-state index in [1.165, 1.54) is 35.2 Å². The van der Waals surface area contributed by atoms with Gasteiger partial charge in [-0.3, -0.25) is 23.4 Å². The monoisotopic (exact) mass is 703 g/mol. The van der Waals surface area contributed by atoms with Gasteiger partial charge < -0.3 is 35.1 Å². The lowest BCUT2D eigenvalue weighted by Gasteiger charge is -2.31. The van der Waals surface area contributed by atoms with E-state index in [1.807, 2.05) is 0 Å². The minimum absolute atomic E-state index is 0.0492. The summed E-state index contributed by atoms with van der Waals surface area (Å²) < 4.78 is 72.4. The molecule has 10 atom stereocenters. The number of H-pyrrole nitrogens is 1. The molecule has 3 aliphatic rings. The molecule has 4 aromatic heterocycles. The summed E-state index contributed by atoms with van der Waals surface area (Å²) in [7, 11) is -1.68. The standard InChI is InChI=1S/C22H25FN10O10P2S/c1-22-4-38-44(35)42-12-9(23)8(40-19(12)33-7-29-11-17(33)30-21(25)31-18(11)34)3-39-45(36,46)43-14(22)13(37-2)20(41-22)32-6-28-10-15(24)26-5-27-16(10)32/h5-9,12-14,19-20H,3-4H2,1-2H3,(H5-,24,25,26,27,30,31,34,36,46)/p+1/t8-,9-,12-,13-,14+,19-,20-,22-,45?/m1/s1. The average molecular weight is 704 g/mol. The number of imidazole rings is 2. The van der Waals surface area contributed by atoms with Crippen LogP contribution < -0.4 is 17.0 Å². The summed E-state index contributed by atoms with van der Waals surface area (Å²) in [6.07, 6.45) is -5.74. The Kier molecular flexibility index (Phi) is 7.88. The van der Waals surface area contributed by atoms with Crippen LogP contribution in [0.1, 0.15) is 19.4 Å². The summed E-state index contributed by atoms with van der Waals surface area (Å²) in [5.74, 6) is -0.0961. The highest BCUT2D eigenvalue weighted by Gasteiger charge is 2.59. The zero-order valence-corrected chi connectivity index (χ0v) is 26.4. The Morgan fingerprint density at radius 3 is 2.70 bits per heavy atom. The van der Waals surface area contributed by atoms with Crippen molar-refractivity contribution in [1.82, 2.24) is 39.0 Å². The van der Waals surface area contributed by atoms with E-state index >= 15 is 4.39 Å². The number of ether oxygens (including phenoxy) is 3. The molecular weight excluding hydrogens is 677 g/mol. The van der Waals surface area contributed by atoms with Gasteiger partial charge in [0.2, 0.25) is 5.95 Å². The van der Waals surface area contributed by atoms with Crippen LogP contribution in [0.25, 0.3) is 22.3 Å². The van der Waals surface area contributed by atoms with Gasteiger partial charge in [-0.15, -0.1) is 9.05 Å². The smallest absolute Gasteiger partial charge is 0.382 e. The maximum atomic E-state index is 15.9. The van der Waals surface area contributed by atoms with Gasteiger partial charge in [-0.05, 0) is 18.7 Å². The molecule has 0 spiro atoms. The predicted molar refractivity (Wildman–Crippen MR) is 156 cm³/mol. The van der Waals surface area contributed by atoms with Crippen molar-refractivity contribution in [2.75, 3.05) is 31.8 Å². The molecule has 3 aliphatic heterocycles. The third-order valence-electron chi connectivity index (χ3n) is 7.81. The largest absolute Gasteiger partial charge is 0.698 e. The zero-order valence-electron chi connectivity index (χ0n) is 23.8. The number of methoxy groups -OCH3 is 1. The number of nitrogen functional groups attached to an aromatic ring is 2. The number of hydrogen-bond acceptors (Lipinski definition) is 17. The van der Waals surface area contributed by atoms with Crippen LogP contribution in [0.2, 0.25) is 0 Å². The molecule has 46 heavy (non-hydrogen) atoms. The van der Waals surface area contributed by atoms with Crippen LogP contribution in [-0.4, -0.2) is 100 Å². The molecule has 246 valence electrons. The first kappa shape index (κ1) is 31.5. The third-order valence-corrected chi connectivity index (χ3v) is 10.1. The summed E-state index contributed by atoms with van der Waals surface area (Å²) in [5.41, 5.74) is 9.94. The first-order valence-corrected chi connectivity index (χ1v) is 17.2. The molecule has 0 radical (unpaired) electrons. The Morgan fingerprint density at radius 1 is 1.20 bits per heavy atom. The molecule has 24 heteroatoms. The number of nitrogens with zero attached hydrogens (tertiary/aromatic N) is 7. The van der Waals surface area contributed by atoms with Gasteiger partial charge in [0.05, 0.1) is 19.3 Å². The van der Waals surface area contributed by atoms with Crippen molar-refractivity contribution in [3.63, 3.8) is 0 Å². The molecule has 2 bridgehead atoms. The van der Waals surface area contributed by atoms with Gasteiger partial charge in [0, 0.05) is 11.7 Å². The third kappa shape index (κ3) is 5.28. The average Bonchev–Trinajstić information content (AvgIpc) is 3.75. The summed E-state index contributed by atoms with van der Waals surface area (Å²) in [6.45, 7) is -3.74. The fourth-order valence-electron chi connectivity index (χ4n) is 5.65. The van der Waals surface area contributed by atoms with Gasteiger partial charge in [0.15, 0.2) is 47.4 Å². The number of halogens is 1. The summed E-state index contributed by atoms with van der Waals surface area (Å²) in [5, 5.41) is 0. The number of aromatic amines is 1. The Bertz CT molecular complexity index is 1950. The lowest BCUT2D eigenvalue weighted by Crippen LogP contribution is -2.46. The van der Waals surface area contributed by atoms with Crippen molar-refractivity contribution < 1.29 is 46.2 Å². The number of hydrogen-bond donors (Lipinski definition) is 4. The first-order valence-electron chi connectivity index (χ1n) is 13.5. The van der Waals surface area contributed by atoms with Crippen molar-refractivity contribution in [2.24, 2.45) is 0 Å². The van der Waals surface area contributed by atoms with Gasteiger partial charge in [-0.25, -0.2) is 24.3 Å². The van der Waals surface area contributed by atoms with E-state index in [0.29, 0.717) is 11.2 Å². The van der Waals surface area contributed by atoms with Gasteiger partial charge in [-0.2, -0.15) is 4.98 Å². The quantitative estimate of drug-likeness (QED) is 0.210. The highest BCUT2D eigenvalue weighted by molar-refractivity contribution is 8.07.